The van der Waals surface area contributed by atoms with Gasteiger partial charge in [-0.15, -0.1) is 0 Å². The highest BCUT2D eigenvalue weighted by Crippen LogP contribution is 2.36. The molecule has 0 N–H and O–H groups in total. The minimum absolute atomic E-state index is 0.261. The molecule has 1 nitrogen and oxygen atoms in total. The summed E-state index contributed by atoms with van der Waals surface area (Å²) in [6, 6.07) is 11.8. The van der Waals surface area contributed by atoms with Gasteiger partial charge < -0.3 is 0 Å². The number of hydrogen-bond acceptors (Lipinski definition) is 1. The topological polar surface area (TPSA) is 17.1 Å². The van der Waals surface area contributed by atoms with Crippen LogP contribution in [0, 0.1) is 5.41 Å². The van der Waals surface area contributed by atoms with Crippen molar-refractivity contribution in [2.24, 2.45) is 5.41 Å². The first-order chi connectivity index (χ1) is 10.2. The van der Waals surface area contributed by atoms with E-state index in [1.807, 2.05) is 0 Å². The molecule has 0 unspecified atom stereocenters. The summed E-state index contributed by atoms with van der Waals surface area (Å²) in [7, 11) is -1.58. The van der Waals surface area contributed by atoms with Crippen LogP contribution in [-0.2, 0) is 11.2 Å². The van der Waals surface area contributed by atoms with E-state index >= 15 is 0 Å². The molecule has 0 aliphatic carbocycles. The van der Waals surface area contributed by atoms with Gasteiger partial charge in [0.05, 0.1) is 8.07 Å². The van der Waals surface area contributed by atoms with Crippen LogP contribution in [0.1, 0.15) is 52.5 Å². The molecule has 1 aromatic rings. The van der Waals surface area contributed by atoms with E-state index < -0.39 is 8.07 Å². The van der Waals surface area contributed by atoms with Crippen LogP contribution in [0.4, 0.5) is 0 Å². The largest absolute Gasteiger partial charge is 0.300 e. The third kappa shape index (κ3) is 6.47. The predicted octanol–water partition coefficient (Wildman–Crippen LogP) is 6.11. The van der Waals surface area contributed by atoms with Crippen LogP contribution in [0.3, 0.4) is 0 Å². The summed E-state index contributed by atoms with van der Waals surface area (Å²) in [6.45, 7) is 13.9. The van der Waals surface area contributed by atoms with Crippen molar-refractivity contribution in [1.29, 1.82) is 0 Å². The highest BCUT2D eigenvalue weighted by molar-refractivity contribution is 6.81. The SMILES string of the molecule is CCCC(=O)[C@H](Cc1ccccc1)[Si](C)(C)CCC(C)(C)C. The summed E-state index contributed by atoms with van der Waals surface area (Å²) in [6.07, 6.45) is 3.86. The molecule has 0 saturated heterocycles. The zero-order chi connectivity index (χ0) is 16.8. The van der Waals surface area contributed by atoms with Gasteiger partial charge in [-0.25, -0.2) is 0 Å². The standard InChI is InChI=1S/C20H34OSi/c1-7-11-18(21)19(16-17-12-9-8-10-13-17)22(5,6)15-14-20(2,3)4/h8-10,12-13,19H,7,11,14-16H2,1-6H3/t19-/m0/s1. The van der Waals surface area contributed by atoms with Crippen molar-refractivity contribution < 1.29 is 4.79 Å². The molecular formula is C20H34OSi. The molecule has 0 saturated carbocycles. The minimum Gasteiger partial charge on any atom is -0.300 e. The highest BCUT2D eigenvalue weighted by Gasteiger charge is 2.36. The fourth-order valence-electron chi connectivity index (χ4n) is 2.97. The van der Waals surface area contributed by atoms with Crippen molar-refractivity contribution in [3.8, 4) is 0 Å². The predicted molar refractivity (Wildman–Crippen MR) is 100 cm³/mol. The molecule has 0 heterocycles. The number of ketones is 1. The second-order valence-electron chi connectivity index (χ2n) is 8.51. The van der Waals surface area contributed by atoms with Crippen LogP contribution >= 0.6 is 0 Å². The molecule has 2 heteroatoms. The van der Waals surface area contributed by atoms with Crippen LogP contribution in [-0.4, -0.2) is 13.9 Å². The fraction of sp³-hybridized carbons (Fsp3) is 0.650. The van der Waals surface area contributed by atoms with Gasteiger partial charge in [-0.1, -0.05) is 83.6 Å². The third-order valence-corrected chi connectivity index (χ3v) is 8.58. The molecule has 0 aliphatic heterocycles. The van der Waals surface area contributed by atoms with Gasteiger partial charge in [0.1, 0.15) is 5.78 Å². The minimum atomic E-state index is -1.58. The molecule has 1 aromatic carbocycles. The molecule has 0 aromatic heterocycles. The second kappa shape index (κ2) is 8.10. The number of Topliss-reactive ketones (excluding diaryl/α,β-unsaturated/α-hetero) is 1. The average molecular weight is 319 g/mol. The first kappa shape index (κ1) is 19.2. The van der Waals surface area contributed by atoms with Crippen LogP contribution in [0.15, 0.2) is 30.3 Å². The lowest BCUT2D eigenvalue weighted by molar-refractivity contribution is -0.119. The van der Waals surface area contributed by atoms with Gasteiger partial charge in [0.15, 0.2) is 0 Å². The van der Waals surface area contributed by atoms with Crippen molar-refractivity contribution in [2.75, 3.05) is 0 Å². The van der Waals surface area contributed by atoms with Crippen LogP contribution < -0.4 is 0 Å². The van der Waals surface area contributed by atoms with Gasteiger partial charge in [0.25, 0.3) is 0 Å². The van der Waals surface area contributed by atoms with E-state index in [2.05, 4.69) is 71.1 Å². The average Bonchev–Trinajstić information content (AvgIpc) is 2.43. The lowest BCUT2D eigenvalue weighted by Gasteiger charge is -2.34. The second-order valence-corrected chi connectivity index (χ2v) is 13.7. The number of carbonyl (C=O) groups is 1. The summed E-state index contributed by atoms with van der Waals surface area (Å²) in [5.41, 5.74) is 1.93. The summed E-state index contributed by atoms with van der Waals surface area (Å²) < 4.78 is 0. The quantitative estimate of drug-likeness (QED) is 0.528. The number of benzene rings is 1. The fourth-order valence-corrected chi connectivity index (χ4v) is 6.51. The monoisotopic (exact) mass is 318 g/mol. The van der Waals surface area contributed by atoms with E-state index in [1.165, 1.54) is 18.0 Å². The zero-order valence-corrected chi connectivity index (χ0v) is 16.4. The highest BCUT2D eigenvalue weighted by atomic mass is 28.3. The zero-order valence-electron chi connectivity index (χ0n) is 15.4. The normalized spacial score (nSPS) is 13.9. The molecule has 1 rings (SSSR count). The third-order valence-electron chi connectivity index (χ3n) is 4.63. The molecule has 0 spiro atoms. The summed E-state index contributed by atoms with van der Waals surface area (Å²) >= 11 is 0. The Labute approximate surface area is 138 Å². The molecule has 0 fully saturated rings. The smallest absolute Gasteiger partial charge is 0.133 e. The lowest BCUT2D eigenvalue weighted by atomic mass is 9.94. The first-order valence-corrected chi connectivity index (χ1v) is 12.0. The summed E-state index contributed by atoms with van der Waals surface area (Å²) in [5, 5.41) is 0. The Hall–Kier alpha value is -0.893. The van der Waals surface area contributed by atoms with Crippen LogP contribution in [0.25, 0.3) is 0 Å². The lowest BCUT2D eigenvalue weighted by Crippen LogP contribution is -2.39. The van der Waals surface area contributed by atoms with Crippen molar-refractivity contribution in [3.63, 3.8) is 0 Å². The van der Waals surface area contributed by atoms with E-state index in [0.717, 1.165) is 19.3 Å². The van der Waals surface area contributed by atoms with Gasteiger partial charge in [0.2, 0.25) is 0 Å². The number of hydrogen-bond donors (Lipinski definition) is 0. The van der Waals surface area contributed by atoms with Gasteiger partial charge in [-0.3, -0.25) is 4.79 Å². The van der Waals surface area contributed by atoms with E-state index in [1.54, 1.807) is 0 Å². The van der Waals surface area contributed by atoms with E-state index in [0.29, 0.717) is 11.2 Å². The van der Waals surface area contributed by atoms with Crippen molar-refractivity contribution >= 4 is 13.9 Å². The van der Waals surface area contributed by atoms with Gasteiger partial charge >= 0.3 is 0 Å². The van der Waals surface area contributed by atoms with Crippen molar-refractivity contribution in [1.82, 2.24) is 0 Å². The van der Waals surface area contributed by atoms with Gasteiger partial charge in [-0.2, -0.15) is 0 Å². The molecule has 0 radical (unpaired) electrons. The van der Waals surface area contributed by atoms with Crippen LogP contribution in [0.5, 0.6) is 0 Å². The molecule has 0 bridgehead atoms. The van der Waals surface area contributed by atoms with E-state index in [-0.39, 0.29) is 5.54 Å². The Morgan fingerprint density at radius 1 is 1.14 bits per heavy atom. The molecule has 124 valence electrons. The Morgan fingerprint density at radius 2 is 1.73 bits per heavy atom. The molecular weight excluding hydrogens is 284 g/mol. The van der Waals surface area contributed by atoms with Gasteiger partial charge in [0, 0.05) is 12.0 Å². The Morgan fingerprint density at radius 3 is 2.23 bits per heavy atom. The maximum absolute atomic E-state index is 12.8. The molecule has 22 heavy (non-hydrogen) atoms. The molecule has 1 atom stereocenters. The Bertz CT molecular complexity index is 456. The Kier molecular flexibility index (Phi) is 7.05. The maximum atomic E-state index is 12.8. The van der Waals surface area contributed by atoms with Crippen LogP contribution in [0.2, 0.25) is 24.7 Å². The van der Waals surface area contributed by atoms with Crippen molar-refractivity contribution in [2.45, 2.75) is 78.1 Å². The van der Waals surface area contributed by atoms with Gasteiger partial charge in [-0.05, 0) is 23.8 Å². The molecule has 0 aliphatic rings. The first-order valence-electron chi connectivity index (χ1n) is 8.72. The maximum Gasteiger partial charge on any atom is 0.133 e. The molecule has 0 amide bonds. The van der Waals surface area contributed by atoms with E-state index in [9.17, 15) is 4.79 Å². The van der Waals surface area contributed by atoms with Crippen molar-refractivity contribution in [3.05, 3.63) is 35.9 Å². The number of rotatable bonds is 8. The number of carbonyl (C=O) groups excluding carboxylic acids is 1. The summed E-state index contributed by atoms with van der Waals surface area (Å²) in [4.78, 5) is 12.8. The van der Waals surface area contributed by atoms with E-state index in [4.69, 9.17) is 0 Å². The Balaban J connectivity index is 2.90. The summed E-state index contributed by atoms with van der Waals surface area (Å²) in [5.74, 6) is 0.497.